The average molecular weight is 356 g/mol. The number of hydrogen-bond acceptors (Lipinski definition) is 3. The molecule has 126 valence electrons. The van der Waals surface area contributed by atoms with Gasteiger partial charge in [-0.2, -0.15) is 0 Å². The molecule has 1 amide bonds. The topological polar surface area (TPSA) is 54.0 Å². The maximum absolute atomic E-state index is 12.4. The number of rotatable bonds is 4. The number of carbonyl (C=O) groups is 1. The lowest BCUT2D eigenvalue weighted by Crippen LogP contribution is -2.26. The average Bonchev–Trinajstić information content (AvgIpc) is 2.99. The molecule has 1 saturated heterocycles. The lowest BCUT2D eigenvalue weighted by Gasteiger charge is -2.10. The van der Waals surface area contributed by atoms with Gasteiger partial charge < -0.3 is 10.6 Å². The Morgan fingerprint density at radius 2 is 2.13 bits per heavy atom. The number of amides is 1. The van der Waals surface area contributed by atoms with Crippen LogP contribution in [-0.2, 0) is 0 Å². The van der Waals surface area contributed by atoms with Crippen molar-refractivity contribution in [3.8, 4) is 0 Å². The molecule has 2 heterocycles. The van der Waals surface area contributed by atoms with E-state index in [4.69, 9.17) is 0 Å². The Hall–Kier alpha value is -1.36. The predicted molar refractivity (Wildman–Crippen MR) is 98.9 cm³/mol. The van der Waals surface area contributed by atoms with E-state index in [2.05, 4.69) is 15.6 Å². The van der Waals surface area contributed by atoms with Crippen LogP contribution in [0, 0.1) is 12.8 Å². The summed E-state index contributed by atoms with van der Waals surface area (Å²) in [5.41, 5.74) is 2.39. The van der Waals surface area contributed by atoms with E-state index < -0.39 is 0 Å². The van der Waals surface area contributed by atoms with E-state index in [1.165, 1.54) is 6.42 Å². The molecular formula is C17H23Cl2N3O. The maximum atomic E-state index is 12.4. The van der Waals surface area contributed by atoms with Gasteiger partial charge >= 0.3 is 0 Å². The van der Waals surface area contributed by atoms with Crippen LogP contribution in [0.2, 0.25) is 0 Å². The van der Waals surface area contributed by atoms with E-state index >= 15 is 0 Å². The molecule has 1 unspecified atom stereocenters. The number of hydrogen-bond donors (Lipinski definition) is 2. The number of aryl methyl sites for hydroxylation is 1. The zero-order chi connectivity index (χ0) is 14.7. The quantitative estimate of drug-likeness (QED) is 0.885. The van der Waals surface area contributed by atoms with E-state index in [1.807, 2.05) is 37.3 Å². The molecule has 3 rings (SSSR count). The number of carbonyl (C=O) groups excluding carboxylic acids is 1. The van der Waals surface area contributed by atoms with Gasteiger partial charge in [0.25, 0.3) is 5.91 Å². The molecule has 4 nitrogen and oxygen atoms in total. The highest BCUT2D eigenvalue weighted by molar-refractivity contribution is 6.05. The summed E-state index contributed by atoms with van der Waals surface area (Å²) in [6, 6.07) is 9.73. The second kappa shape index (κ2) is 9.06. The van der Waals surface area contributed by atoms with Crippen LogP contribution in [0.1, 0.15) is 28.9 Å². The fourth-order valence-corrected chi connectivity index (χ4v) is 2.87. The van der Waals surface area contributed by atoms with Gasteiger partial charge in [0, 0.05) is 17.6 Å². The Labute approximate surface area is 149 Å². The highest BCUT2D eigenvalue weighted by Crippen LogP contribution is 2.17. The van der Waals surface area contributed by atoms with Crippen molar-refractivity contribution in [3.05, 3.63) is 41.6 Å². The molecule has 1 aliphatic heterocycles. The molecule has 0 radical (unpaired) electrons. The molecule has 1 aromatic carbocycles. The Balaban J connectivity index is 0.00000132. The van der Waals surface area contributed by atoms with E-state index in [0.29, 0.717) is 11.5 Å². The monoisotopic (exact) mass is 355 g/mol. The first-order valence-electron chi connectivity index (χ1n) is 7.59. The van der Waals surface area contributed by atoms with Crippen molar-refractivity contribution in [3.63, 3.8) is 0 Å². The summed E-state index contributed by atoms with van der Waals surface area (Å²) in [5, 5.41) is 7.39. The van der Waals surface area contributed by atoms with E-state index in [9.17, 15) is 4.79 Å². The highest BCUT2D eigenvalue weighted by Gasteiger charge is 2.15. The zero-order valence-electron chi connectivity index (χ0n) is 13.2. The molecule has 23 heavy (non-hydrogen) atoms. The first-order valence-corrected chi connectivity index (χ1v) is 7.59. The third-order valence-corrected chi connectivity index (χ3v) is 4.10. The van der Waals surface area contributed by atoms with Crippen molar-refractivity contribution in [2.45, 2.75) is 19.8 Å². The van der Waals surface area contributed by atoms with Crippen molar-refractivity contribution in [1.82, 2.24) is 15.6 Å². The Morgan fingerprint density at radius 1 is 1.30 bits per heavy atom. The first kappa shape index (κ1) is 19.7. The van der Waals surface area contributed by atoms with Crippen LogP contribution < -0.4 is 10.6 Å². The van der Waals surface area contributed by atoms with Crippen LogP contribution >= 0.6 is 24.8 Å². The second-order valence-electron chi connectivity index (χ2n) is 5.73. The molecule has 1 aromatic heterocycles. The molecule has 0 aliphatic carbocycles. The number of pyridine rings is 1. The number of para-hydroxylation sites is 1. The van der Waals surface area contributed by atoms with Crippen LogP contribution in [0.5, 0.6) is 0 Å². The van der Waals surface area contributed by atoms with Crippen molar-refractivity contribution >= 4 is 41.6 Å². The van der Waals surface area contributed by atoms with Gasteiger partial charge in [0.05, 0.1) is 11.1 Å². The van der Waals surface area contributed by atoms with Crippen LogP contribution in [0.15, 0.2) is 30.3 Å². The third kappa shape index (κ3) is 4.80. The summed E-state index contributed by atoms with van der Waals surface area (Å²) in [4.78, 5) is 16.9. The molecule has 2 aromatic rings. The molecule has 0 saturated carbocycles. The fraction of sp³-hybridized carbons (Fsp3) is 0.412. The minimum Gasteiger partial charge on any atom is -0.352 e. The summed E-state index contributed by atoms with van der Waals surface area (Å²) in [5.74, 6) is 0.669. The van der Waals surface area contributed by atoms with Crippen LogP contribution in [0.4, 0.5) is 0 Å². The SMILES string of the molecule is Cc1ccc2cccc(C(=O)NCCC3CCNC3)c2n1.Cl.Cl. The zero-order valence-corrected chi connectivity index (χ0v) is 14.8. The largest absolute Gasteiger partial charge is 0.352 e. The number of fused-ring (bicyclic) bond motifs is 1. The molecule has 1 fully saturated rings. The van der Waals surface area contributed by atoms with Gasteiger partial charge in [0.15, 0.2) is 0 Å². The molecule has 0 spiro atoms. The number of nitrogens with one attached hydrogen (secondary N) is 2. The molecule has 1 aliphatic rings. The lowest BCUT2D eigenvalue weighted by atomic mass is 10.0. The highest BCUT2D eigenvalue weighted by atomic mass is 35.5. The number of nitrogens with zero attached hydrogens (tertiary/aromatic N) is 1. The van der Waals surface area contributed by atoms with Gasteiger partial charge in [-0.1, -0.05) is 18.2 Å². The van der Waals surface area contributed by atoms with Gasteiger partial charge in [0.2, 0.25) is 0 Å². The molecular weight excluding hydrogens is 333 g/mol. The standard InChI is InChI=1S/C17H21N3O.2ClH/c1-12-5-6-14-3-2-4-15(16(14)20-12)17(21)19-10-8-13-7-9-18-11-13;;/h2-6,13,18H,7-11H2,1H3,(H,19,21);2*1H. The minimum atomic E-state index is -0.0235. The minimum absolute atomic E-state index is 0. The van der Waals surface area contributed by atoms with Crippen molar-refractivity contribution in [2.75, 3.05) is 19.6 Å². The van der Waals surface area contributed by atoms with Crippen molar-refractivity contribution in [2.24, 2.45) is 5.92 Å². The molecule has 0 bridgehead atoms. The number of benzene rings is 1. The smallest absolute Gasteiger partial charge is 0.253 e. The van der Waals surface area contributed by atoms with E-state index in [0.717, 1.165) is 42.7 Å². The van der Waals surface area contributed by atoms with E-state index in [1.54, 1.807) is 0 Å². The van der Waals surface area contributed by atoms with Gasteiger partial charge in [-0.05, 0) is 50.9 Å². The van der Waals surface area contributed by atoms with E-state index in [-0.39, 0.29) is 30.7 Å². The second-order valence-corrected chi connectivity index (χ2v) is 5.73. The molecule has 6 heteroatoms. The first-order chi connectivity index (χ1) is 10.2. The third-order valence-electron chi connectivity index (χ3n) is 4.10. The van der Waals surface area contributed by atoms with Crippen LogP contribution in [0.25, 0.3) is 10.9 Å². The maximum Gasteiger partial charge on any atom is 0.253 e. The fourth-order valence-electron chi connectivity index (χ4n) is 2.87. The molecule has 1 atom stereocenters. The number of aromatic nitrogens is 1. The lowest BCUT2D eigenvalue weighted by molar-refractivity contribution is 0.0953. The normalized spacial score (nSPS) is 16.5. The number of halogens is 2. The van der Waals surface area contributed by atoms with Gasteiger partial charge in [0.1, 0.15) is 0 Å². The van der Waals surface area contributed by atoms with Crippen molar-refractivity contribution in [1.29, 1.82) is 0 Å². The summed E-state index contributed by atoms with van der Waals surface area (Å²) in [6.45, 7) is 4.85. The summed E-state index contributed by atoms with van der Waals surface area (Å²) >= 11 is 0. The summed E-state index contributed by atoms with van der Waals surface area (Å²) < 4.78 is 0. The van der Waals surface area contributed by atoms with Gasteiger partial charge in [-0.3, -0.25) is 9.78 Å². The summed E-state index contributed by atoms with van der Waals surface area (Å²) in [6.07, 6.45) is 2.25. The van der Waals surface area contributed by atoms with Crippen LogP contribution in [-0.4, -0.2) is 30.5 Å². The van der Waals surface area contributed by atoms with Crippen molar-refractivity contribution < 1.29 is 4.79 Å². The van der Waals surface area contributed by atoms with Crippen LogP contribution in [0.3, 0.4) is 0 Å². The Bertz CT molecular complexity index is 657. The van der Waals surface area contributed by atoms with Gasteiger partial charge in [-0.25, -0.2) is 0 Å². The Morgan fingerprint density at radius 3 is 2.87 bits per heavy atom. The van der Waals surface area contributed by atoms with Gasteiger partial charge in [-0.15, -0.1) is 24.8 Å². The molecule has 2 N–H and O–H groups in total. The predicted octanol–water partition coefficient (Wildman–Crippen LogP) is 3.12. The summed E-state index contributed by atoms with van der Waals surface area (Å²) in [7, 11) is 0. The Kier molecular flexibility index (Phi) is 7.76.